The van der Waals surface area contributed by atoms with E-state index in [1.165, 1.54) is 0 Å². The van der Waals surface area contributed by atoms with Crippen LogP contribution in [0, 0.1) is 0 Å². The van der Waals surface area contributed by atoms with Gasteiger partial charge in [0.05, 0.1) is 13.2 Å². The number of amides is 1. The second-order valence-corrected chi connectivity index (χ2v) is 5.40. The molecule has 0 atom stereocenters. The average molecular weight is 313 g/mol. The van der Waals surface area contributed by atoms with Gasteiger partial charge in [0.25, 0.3) is 0 Å². The quantitative estimate of drug-likeness (QED) is 0.657. The molecule has 0 bridgehead atoms. The van der Waals surface area contributed by atoms with Gasteiger partial charge in [-0.2, -0.15) is 0 Å². The Balaban J connectivity index is 2.20. The van der Waals surface area contributed by atoms with Crippen molar-refractivity contribution < 1.29 is 9.53 Å². The normalized spacial score (nSPS) is 10.7. The van der Waals surface area contributed by atoms with Crippen molar-refractivity contribution in [2.24, 2.45) is 0 Å². The minimum atomic E-state index is 0.182. The Kier molecular flexibility index (Phi) is 8.16. The van der Waals surface area contributed by atoms with Gasteiger partial charge in [0.1, 0.15) is 5.75 Å². The Hall–Kier alpha value is -1.26. The highest BCUT2D eigenvalue weighted by atomic mass is 35.5. The first-order chi connectivity index (χ1) is 10.1. The molecule has 0 fully saturated rings. The fourth-order valence-corrected chi connectivity index (χ4v) is 2.17. The number of hydrogen-bond acceptors (Lipinski definition) is 3. The van der Waals surface area contributed by atoms with Gasteiger partial charge in [-0.25, -0.2) is 0 Å². The summed E-state index contributed by atoms with van der Waals surface area (Å²) < 4.78 is 5.63. The number of carbonyl (C=O) groups excluding carboxylic acids is 1. The minimum Gasteiger partial charge on any atom is -0.494 e. The standard InChI is InChI=1S/C16H25ClN2O2/c1-4-19(5-2)16(20)13-18(3)11-6-12-21-15-9-7-14(17)8-10-15/h7-10H,4-6,11-13H2,1-3H3. The smallest absolute Gasteiger partial charge is 0.236 e. The summed E-state index contributed by atoms with van der Waals surface area (Å²) in [6.07, 6.45) is 0.880. The number of halogens is 1. The molecule has 0 aliphatic heterocycles. The Morgan fingerprint density at radius 1 is 1.19 bits per heavy atom. The average Bonchev–Trinajstić information content (AvgIpc) is 2.46. The van der Waals surface area contributed by atoms with Gasteiger partial charge in [0, 0.05) is 24.7 Å². The Bertz CT molecular complexity index is 419. The molecule has 0 spiro atoms. The molecule has 0 heterocycles. The van der Waals surface area contributed by atoms with Gasteiger partial charge < -0.3 is 9.64 Å². The zero-order valence-corrected chi connectivity index (χ0v) is 13.9. The molecule has 118 valence electrons. The summed E-state index contributed by atoms with van der Waals surface area (Å²) in [5.74, 6) is 1.00. The predicted octanol–water partition coefficient (Wildman–Crippen LogP) is 2.91. The summed E-state index contributed by atoms with van der Waals surface area (Å²) in [5.41, 5.74) is 0. The summed E-state index contributed by atoms with van der Waals surface area (Å²) in [7, 11) is 1.96. The second-order valence-electron chi connectivity index (χ2n) is 4.96. The number of nitrogens with zero attached hydrogens (tertiary/aromatic N) is 2. The van der Waals surface area contributed by atoms with Gasteiger partial charge in [0.2, 0.25) is 5.91 Å². The van der Waals surface area contributed by atoms with Gasteiger partial charge in [-0.3, -0.25) is 9.69 Å². The molecule has 0 aliphatic carbocycles. The summed E-state index contributed by atoms with van der Waals surface area (Å²) in [5, 5.41) is 0.706. The van der Waals surface area contributed by atoms with Crippen molar-refractivity contribution in [1.82, 2.24) is 9.80 Å². The van der Waals surface area contributed by atoms with E-state index in [9.17, 15) is 4.79 Å². The van der Waals surface area contributed by atoms with Crippen LogP contribution in [-0.4, -0.2) is 55.5 Å². The van der Waals surface area contributed by atoms with Gasteiger partial charge in [0.15, 0.2) is 0 Å². The Morgan fingerprint density at radius 3 is 2.38 bits per heavy atom. The molecule has 21 heavy (non-hydrogen) atoms. The zero-order chi connectivity index (χ0) is 15.7. The molecule has 4 nitrogen and oxygen atoms in total. The van der Waals surface area contributed by atoms with E-state index in [1.807, 2.05) is 55.0 Å². The van der Waals surface area contributed by atoms with Crippen molar-refractivity contribution >= 4 is 17.5 Å². The van der Waals surface area contributed by atoms with E-state index in [0.717, 1.165) is 31.8 Å². The van der Waals surface area contributed by atoms with Crippen molar-refractivity contribution in [3.8, 4) is 5.75 Å². The van der Waals surface area contributed by atoms with Crippen LogP contribution in [0.25, 0.3) is 0 Å². The fourth-order valence-electron chi connectivity index (χ4n) is 2.04. The third-order valence-corrected chi connectivity index (χ3v) is 3.54. The van der Waals surface area contributed by atoms with E-state index in [1.54, 1.807) is 0 Å². The first-order valence-corrected chi connectivity index (χ1v) is 7.79. The van der Waals surface area contributed by atoms with E-state index in [-0.39, 0.29) is 5.91 Å². The van der Waals surface area contributed by atoms with Crippen molar-refractivity contribution in [2.45, 2.75) is 20.3 Å². The topological polar surface area (TPSA) is 32.8 Å². The SMILES string of the molecule is CCN(CC)C(=O)CN(C)CCCOc1ccc(Cl)cc1. The van der Waals surface area contributed by atoms with Gasteiger partial charge in [-0.1, -0.05) is 11.6 Å². The highest BCUT2D eigenvalue weighted by Gasteiger charge is 2.11. The second kappa shape index (κ2) is 9.64. The fraction of sp³-hybridized carbons (Fsp3) is 0.562. The number of ether oxygens (including phenoxy) is 1. The van der Waals surface area contributed by atoms with Crippen molar-refractivity contribution in [3.05, 3.63) is 29.3 Å². The molecule has 5 heteroatoms. The molecule has 1 aromatic carbocycles. The third kappa shape index (κ3) is 6.82. The van der Waals surface area contributed by atoms with Crippen molar-refractivity contribution in [1.29, 1.82) is 0 Å². The van der Waals surface area contributed by atoms with Gasteiger partial charge >= 0.3 is 0 Å². The third-order valence-electron chi connectivity index (χ3n) is 3.29. The van der Waals surface area contributed by atoms with Crippen molar-refractivity contribution in [2.75, 3.05) is 39.8 Å². The first-order valence-electron chi connectivity index (χ1n) is 7.41. The van der Waals surface area contributed by atoms with Crippen LogP contribution < -0.4 is 4.74 Å². The highest BCUT2D eigenvalue weighted by molar-refractivity contribution is 6.30. The molecule has 0 aromatic heterocycles. The van der Waals surface area contributed by atoms with E-state index in [4.69, 9.17) is 16.3 Å². The van der Waals surface area contributed by atoms with Crippen LogP contribution in [0.15, 0.2) is 24.3 Å². The largest absolute Gasteiger partial charge is 0.494 e. The van der Waals surface area contributed by atoms with Gasteiger partial charge in [-0.05, 0) is 51.6 Å². The molecular formula is C16H25ClN2O2. The van der Waals surface area contributed by atoms with Gasteiger partial charge in [-0.15, -0.1) is 0 Å². The van der Waals surface area contributed by atoms with Crippen LogP contribution in [0.2, 0.25) is 5.02 Å². The molecule has 0 radical (unpaired) electrons. The number of benzene rings is 1. The van der Waals surface area contributed by atoms with Crippen LogP contribution in [0.5, 0.6) is 5.75 Å². The number of likely N-dealkylation sites (N-methyl/N-ethyl adjacent to an activating group) is 2. The van der Waals surface area contributed by atoms with Crippen molar-refractivity contribution in [3.63, 3.8) is 0 Å². The van der Waals surface area contributed by atoms with E-state index < -0.39 is 0 Å². The lowest BCUT2D eigenvalue weighted by Gasteiger charge is -2.23. The summed E-state index contributed by atoms with van der Waals surface area (Å²) >= 11 is 5.81. The maximum atomic E-state index is 11.9. The molecule has 0 saturated heterocycles. The molecule has 1 amide bonds. The molecular weight excluding hydrogens is 288 g/mol. The maximum Gasteiger partial charge on any atom is 0.236 e. The Morgan fingerprint density at radius 2 is 1.81 bits per heavy atom. The number of rotatable bonds is 9. The monoisotopic (exact) mass is 312 g/mol. The summed E-state index contributed by atoms with van der Waals surface area (Å²) in [6, 6.07) is 7.34. The lowest BCUT2D eigenvalue weighted by atomic mass is 10.3. The van der Waals surface area contributed by atoms with Crippen LogP contribution >= 0.6 is 11.6 Å². The number of hydrogen-bond donors (Lipinski definition) is 0. The highest BCUT2D eigenvalue weighted by Crippen LogP contribution is 2.15. The lowest BCUT2D eigenvalue weighted by molar-refractivity contribution is -0.131. The summed E-state index contributed by atoms with van der Waals surface area (Å²) in [4.78, 5) is 15.8. The lowest BCUT2D eigenvalue weighted by Crippen LogP contribution is -2.39. The first kappa shape index (κ1) is 17.8. The van der Waals surface area contributed by atoms with Crippen LogP contribution in [-0.2, 0) is 4.79 Å². The minimum absolute atomic E-state index is 0.182. The Labute approximate surface area is 132 Å². The zero-order valence-electron chi connectivity index (χ0n) is 13.1. The molecule has 0 unspecified atom stereocenters. The van der Waals surface area contributed by atoms with Crippen LogP contribution in [0.4, 0.5) is 0 Å². The van der Waals surface area contributed by atoms with E-state index >= 15 is 0 Å². The van der Waals surface area contributed by atoms with Crippen LogP contribution in [0.1, 0.15) is 20.3 Å². The maximum absolute atomic E-state index is 11.9. The van der Waals surface area contributed by atoms with E-state index in [2.05, 4.69) is 0 Å². The molecule has 1 rings (SSSR count). The summed E-state index contributed by atoms with van der Waals surface area (Å²) in [6.45, 7) is 7.46. The predicted molar refractivity (Wildman–Crippen MR) is 87.0 cm³/mol. The molecule has 0 aliphatic rings. The van der Waals surface area contributed by atoms with E-state index in [0.29, 0.717) is 18.2 Å². The van der Waals surface area contributed by atoms with Crippen LogP contribution in [0.3, 0.4) is 0 Å². The number of carbonyl (C=O) groups is 1. The molecule has 0 N–H and O–H groups in total. The molecule has 0 saturated carbocycles. The molecule has 1 aromatic rings.